The van der Waals surface area contributed by atoms with Crippen LogP contribution in [-0.2, 0) is 9.53 Å². The van der Waals surface area contributed by atoms with Crippen molar-refractivity contribution in [3.05, 3.63) is 41.7 Å². The highest BCUT2D eigenvalue weighted by Gasteiger charge is 2.23. The Kier molecular flexibility index (Phi) is 5.52. The lowest BCUT2D eigenvalue weighted by Crippen LogP contribution is -2.50. The molecule has 0 aromatic heterocycles. The van der Waals surface area contributed by atoms with Gasteiger partial charge in [0.2, 0.25) is 5.91 Å². The zero-order valence-electron chi connectivity index (χ0n) is 12.5. The topological polar surface area (TPSA) is 49.9 Å². The van der Waals surface area contributed by atoms with Crippen molar-refractivity contribution in [1.82, 2.24) is 9.80 Å². The van der Waals surface area contributed by atoms with Crippen LogP contribution in [0.25, 0.3) is 6.08 Å². The smallest absolute Gasteiger partial charge is 0.409 e. The van der Waals surface area contributed by atoms with E-state index in [-0.39, 0.29) is 17.8 Å². The van der Waals surface area contributed by atoms with Crippen LogP contribution in [0, 0.1) is 5.82 Å². The number of benzene rings is 1. The van der Waals surface area contributed by atoms with Gasteiger partial charge in [0.05, 0.1) is 6.61 Å². The molecule has 1 fully saturated rings. The van der Waals surface area contributed by atoms with Crippen LogP contribution < -0.4 is 0 Å². The molecule has 22 heavy (non-hydrogen) atoms. The van der Waals surface area contributed by atoms with Gasteiger partial charge in [-0.1, -0.05) is 12.1 Å². The zero-order chi connectivity index (χ0) is 15.9. The van der Waals surface area contributed by atoms with Crippen LogP contribution in [0.5, 0.6) is 0 Å². The van der Waals surface area contributed by atoms with Crippen LogP contribution in [0.1, 0.15) is 12.5 Å². The summed E-state index contributed by atoms with van der Waals surface area (Å²) >= 11 is 0. The SMILES string of the molecule is CCOC(=O)N1CCN(C(=O)/C=C/c2cccc(F)c2)CC1. The Hall–Kier alpha value is -2.37. The van der Waals surface area contributed by atoms with Crippen molar-refractivity contribution >= 4 is 18.1 Å². The Labute approximate surface area is 129 Å². The first kappa shape index (κ1) is 16.0. The fourth-order valence-electron chi connectivity index (χ4n) is 2.21. The molecule has 118 valence electrons. The van der Waals surface area contributed by atoms with Crippen molar-refractivity contribution in [2.75, 3.05) is 32.8 Å². The van der Waals surface area contributed by atoms with E-state index in [1.807, 2.05) is 0 Å². The number of ether oxygens (including phenoxy) is 1. The van der Waals surface area contributed by atoms with E-state index in [1.54, 1.807) is 34.9 Å². The maximum absolute atomic E-state index is 13.0. The molecular weight excluding hydrogens is 287 g/mol. The number of hydrogen-bond donors (Lipinski definition) is 0. The number of halogens is 1. The van der Waals surface area contributed by atoms with E-state index in [4.69, 9.17) is 4.74 Å². The Morgan fingerprint density at radius 3 is 2.55 bits per heavy atom. The van der Waals surface area contributed by atoms with Gasteiger partial charge in [-0.05, 0) is 30.7 Å². The highest BCUT2D eigenvalue weighted by molar-refractivity contribution is 5.92. The van der Waals surface area contributed by atoms with Crippen LogP contribution in [-0.4, -0.2) is 54.6 Å². The van der Waals surface area contributed by atoms with Gasteiger partial charge in [-0.3, -0.25) is 4.79 Å². The minimum Gasteiger partial charge on any atom is -0.450 e. The molecule has 0 unspecified atom stereocenters. The number of carbonyl (C=O) groups is 2. The molecule has 0 atom stereocenters. The molecule has 0 spiro atoms. The predicted octanol–water partition coefficient (Wildman–Crippen LogP) is 2.14. The van der Waals surface area contributed by atoms with Crippen LogP contribution in [0.2, 0.25) is 0 Å². The van der Waals surface area contributed by atoms with Crippen molar-refractivity contribution in [2.24, 2.45) is 0 Å². The quantitative estimate of drug-likeness (QED) is 0.804. The molecule has 5 nitrogen and oxygen atoms in total. The largest absolute Gasteiger partial charge is 0.450 e. The number of nitrogens with zero attached hydrogens (tertiary/aromatic N) is 2. The molecule has 1 aliphatic rings. The fraction of sp³-hybridized carbons (Fsp3) is 0.375. The predicted molar refractivity (Wildman–Crippen MR) is 80.6 cm³/mol. The lowest BCUT2D eigenvalue weighted by molar-refractivity contribution is -0.127. The summed E-state index contributed by atoms with van der Waals surface area (Å²) in [5.74, 6) is -0.481. The summed E-state index contributed by atoms with van der Waals surface area (Å²) < 4.78 is 18.0. The fourth-order valence-corrected chi connectivity index (χ4v) is 2.21. The lowest BCUT2D eigenvalue weighted by atomic mass is 10.2. The van der Waals surface area contributed by atoms with Gasteiger partial charge in [0.25, 0.3) is 0 Å². The molecule has 0 bridgehead atoms. The standard InChI is InChI=1S/C16H19FN2O3/c1-2-22-16(21)19-10-8-18(9-11-19)15(20)7-6-13-4-3-5-14(17)12-13/h3-7,12H,2,8-11H2,1H3/b7-6+. The van der Waals surface area contributed by atoms with Crippen molar-refractivity contribution in [3.8, 4) is 0 Å². The summed E-state index contributed by atoms with van der Waals surface area (Å²) in [5, 5.41) is 0. The summed E-state index contributed by atoms with van der Waals surface area (Å²) in [5.41, 5.74) is 0.638. The highest BCUT2D eigenvalue weighted by Crippen LogP contribution is 2.08. The van der Waals surface area contributed by atoms with Crippen molar-refractivity contribution in [1.29, 1.82) is 0 Å². The second-order valence-corrected chi connectivity index (χ2v) is 4.90. The van der Waals surface area contributed by atoms with Crippen LogP contribution in [0.4, 0.5) is 9.18 Å². The van der Waals surface area contributed by atoms with Gasteiger partial charge in [-0.15, -0.1) is 0 Å². The molecule has 1 heterocycles. The number of carbonyl (C=O) groups excluding carboxylic acids is 2. The molecule has 0 saturated carbocycles. The molecule has 2 rings (SSSR count). The van der Waals surface area contributed by atoms with E-state index in [0.29, 0.717) is 38.3 Å². The summed E-state index contributed by atoms with van der Waals surface area (Å²) in [7, 11) is 0. The second kappa shape index (κ2) is 7.59. The Morgan fingerprint density at radius 2 is 1.91 bits per heavy atom. The van der Waals surface area contributed by atoms with Crippen molar-refractivity contribution in [3.63, 3.8) is 0 Å². The number of piperazine rings is 1. The normalized spacial score (nSPS) is 15.2. The molecule has 0 aliphatic carbocycles. The molecule has 1 aliphatic heterocycles. The summed E-state index contributed by atoms with van der Waals surface area (Å²) in [6, 6.07) is 6.04. The van der Waals surface area contributed by atoms with Crippen LogP contribution in [0.15, 0.2) is 30.3 Å². The summed E-state index contributed by atoms with van der Waals surface area (Å²) in [6.07, 6.45) is 2.67. The Bertz CT molecular complexity index is 566. The van der Waals surface area contributed by atoms with Gasteiger partial charge >= 0.3 is 6.09 Å². The van der Waals surface area contributed by atoms with Crippen LogP contribution >= 0.6 is 0 Å². The average molecular weight is 306 g/mol. The number of rotatable bonds is 3. The van der Waals surface area contributed by atoms with E-state index in [0.717, 1.165) is 0 Å². The maximum Gasteiger partial charge on any atom is 0.409 e. The minimum atomic E-state index is -0.343. The third kappa shape index (κ3) is 4.31. The van der Waals surface area contributed by atoms with Crippen molar-refractivity contribution < 1.29 is 18.7 Å². The molecule has 2 amide bonds. The number of amides is 2. The maximum atomic E-state index is 13.0. The summed E-state index contributed by atoms with van der Waals surface area (Å²) in [6.45, 7) is 3.94. The third-order valence-electron chi connectivity index (χ3n) is 3.38. The average Bonchev–Trinajstić information content (AvgIpc) is 2.53. The van der Waals surface area contributed by atoms with Crippen molar-refractivity contribution in [2.45, 2.75) is 6.92 Å². The Balaban J connectivity index is 1.86. The van der Waals surface area contributed by atoms with Gasteiger partial charge in [0.15, 0.2) is 0 Å². The van der Waals surface area contributed by atoms with Gasteiger partial charge in [0, 0.05) is 32.3 Å². The first-order valence-electron chi connectivity index (χ1n) is 7.24. The van der Waals surface area contributed by atoms with E-state index in [1.165, 1.54) is 18.2 Å². The zero-order valence-corrected chi connectivity index (χ0v) is 12.5. The second-order valence-electron chi connectivity index (χ2n) is 4.90. The first-order chi connectivity index (χ1) is 10.6. The molecule has 1 aromatic rings. The highest BCUT2D eigenvalue weighted by atomic mass is 19.1. The van der Waals surface area contributed by atoms with Gasteiger partial charge in [-0.2, -0.15) is 0 Å². The van der Waals surface area contributed by atoms with E-state index >= 15 is 0 Å². The van der Waals surface area contributed by atoms with E-state index < -0.39 is 0 Å². The Morgan fingerprint density at radius 1 is 1.23 bits per heavy atom. The van der Waals surface area contributed by atoms with E-state index in [9.17, 15) is 14.0 Å². The molecule has 0 radical (unpaired) electrons. The van der Waals surface area contributed by atoms with Crippen LogP contribution in [0.3, 0.4) is 0 Å². The molecule has 6 heteroatoms. The summed E-state index contributed by atoms with van der Waals surface area (Å²) in [4.78, 5) is 26.9. The lowest BCUT2D eigenvalue weighted by Gasteiger charge is -2.33. The van der Waals surface area contributed by atoms with Gasteiger partial charge < -0.3 is 14.5 Å². The first-order valence-corrected chi connectivity index (χ1v) is 7.24. The number of hydrogen-bond acceptors (Lipinski definition) is 3. The van der Waals surface area contributed by atoms with Gasteiger partial charge in [0.1, 0.15) is 5.82 Å². The molecule has 1 aromatic carbocycles. The molecular formula is C16H19FN2O3. The van der Waals surface area contributed by atoms with Gasteiger partial charge in [-0.25, -0.2) is 9.18 Å². The third-order valence-corrected chi connectivity index (χ3v) is 3.38. The monoisotopic (exact) mass is 306 g/mol. The minimum absolute atomic E-state index is 0.146. The molecule has 0 N–H and O–H groups in total. The molecule has 1 saturated heterocycles. The van der Waals surface area contributed by atoms with E-state index in [2.05, 4.69) is 0 Å².